The van der Waals surface area contributed by atoms with Gasteiger partial charge in [0.25, 0.3) is 5.56 Å². The molecule has 1 aliphatic rings. The first-order valence-corrected chi connectivity index (χ1v) is 11.3. The second-order valence-electron chi connectivity index (χ2n) is 7.32. The fraction of sp³-hybridized carbons (Fsp3) is 0.240. The number of carbonyl (C=O) groups excluding carboxylic acids is 1. The summed E-state index contributed by atoms with van der Waals surface area (Å²) < 4.78 is 18.1. The van der Waals surface area contributed by atoms with Crippen molar-refractivity contribution in [3.63, 3.8) is 0 Å². The lowest BCUT2D eigenvalue weighted by molar-refractivity contribution is -0.139. The van der Waals surface area contributed by atoms with Crippen molar-refractivity contribution < 1.29 is 19.0 Å². The van der Waals surface area contributed by atoms with Crippen LogP contribution in [-0.2, 0) is 9.53 Å². The van der Waals surface area contributed by atoms with Gasteiger partial charge in [-0.25, -0.2) is 9.79 Å². The van der Waals surface area contributed by atoms with Gasteiger partial charge in [0.05, 0.1) is 42.7 Å². The fourth-order valence-electron chi connectivity index (χ4n) is 3.82. The Morgan fingerprint density at radius 2 is 1.91 bits per heavy atom. The molecule has 7 nitrogen and oxygen atoms in total. The minimum absolute atomic E-state index is 0.235. The van der Waals surface area contributed by atoms with Gasteiger partial charge < -0.3 is 14.2 Å². The fourth-order valence-corrected chi connectivity index (χ4v) is 4.86. The molecule has 0 N–H and O–H groups in total. The number of thiazole rings is 1. The van der Waals surface area contributed by atoms with Crippen molar-refractivity contribution in [2.24, 2.45) is 4.99 Å². The molecule has 2 heterocycles. The average Bonchev–Trinajstić information content (AvgIpc) is 3.13. The Labute approximate surface area is 194 Å². The summed E-state index contributed by atoms with van der Waals surface area (Å²) in [6, 6.07) is 14.2. The van der Waals surface area contributed by atoms with Crippen LogP contribution in [0.25, 0.3) is 6.08 Å². The normalized spacial score (nSPS) is 15.6. The van der Waals surface area contributed by atoms with E-state index >= 15 is 0 Å². The first-order valence-electron chi connectivity index (χ1n) is 10.4. The number of methoxy groups -OCH3 is 2. The van der Waals surface area contributed by atoms with Crippen molar-refractivity contribution in [2.45, 2.75) is 19.9 Å². The molecule has 0 radical (unpaired) electrons. The Morgan fingerprint density at radius 3 is 2.58 bits per heavy atom. The van der Waals surface area contributed by atoms with E-state index in [1.54, 1.807) is 50.8 Å². The summed E-state index contributed by atoms with van der Waals surface area (Å²) in [6.07, 6.45) is 1.77. The first kappa shape index (κ1) is 22.5. The van der Waals surface area contributed by atoms with Crippen LogP contribution in [0.3, 0.4) is 0 Å². The summed E-state index contributed by atoms with van der Waals surface area (Å²) >= 11 is 1.27. The van der Waals surface area contributed by atoms with Crippen LogP contribution in [-0.4, -0.2) is 31.4 Å². The summed E-state index contributed by atoms with van der Waals surface area (Å²) in [4.78, 5) is 31.6. The van der Waals surface area contributed by atoms with E-state index in [0.29, 0.717) is 32.1 Å². The molecular formula is C25H24N2O5S. The Bertz CT molecular complexity index is 1400. The number of fused-ring (bicyclic) bond motifs is 1. The van der Waals surface area contributed by atoms with E-state index in [9.17, 15) is 9.59 Å². The van der Waals surface area contributed by atoms with Gasteiger partial charge in [0.2, 0.25) is 0 Å². The van der Waals surface area contributed by atoms with Crippen LogP contribution in [0.15, 0.2) is 69.6 Å². The molecule has 0 bridgehead atoms. The monoisotopic (exact) mass is 464 g/mol. The van der Waals surface area contributed by atoms with Crippen molar-refractivity contribution in [2.75, 3.05) is 20.8 Å². The third-order valence-electron chi connectivity index (χ3n) is 5.36. The molecule has 1 aliphatic heterocycles. The van der Waals surface area contributed by atoms with Crippen molar-refractivity contribution in [1.29, 1.82) is 0 Å². The predicted molar refractivity (Wildman–Crippen MR) is 126 cm³/mol. The molecular weight excluding hydrogens is 440 g/mol. The molecule has 170 valence electrons. The van der Waals surface area contributed by atoms with Crippen LogP contribution in [0.4, 0.5) is 0 Å². The summed E-state index contributed by atoms with van der Waals surface area (Å²) in [7, 11) is 3.15. The highest BCUT2D eigenvalue weighted by molar-refractivity contribution is 7.07. The molecule has 1 atom stereocenters. The number of nitrogens with zero attached hydrogens (tertiary/aromatic N) is 2. The van der Waals surface area contributed by atoms with E-state index in [1.165, 1.54) is 11.3 Å². The van der Waals surface area contributed by atoms with Crippen LogP contribution in [0.1, 0.15) is 31.0 Å². The van der Waals surface area contributed by atoms with Crippen LogP contribution >= 0.6 is 11.3 Å². The quantitative estimate of drug-likeness (QED) is 0.524. The lowest BCUT2D eigenvalue weighted by atomic mass is 9.96. The Hall–Kier alpha value is -3.65. The van der Waals surface area contributed by atoms with E-state index in [2.05, 4.69) is 4.99 Å². The van der Waals surface area contributed by atoms with Gasteiger partial charge in [-0.3, -0.25) is 9.36 Å². The van der Waals surface area contributed by atoms with E-state index in [1.807, 2.05) is 36.4 Å². The van der Waals surface area contributed by atoms with Crippen molar-refractivity contribution >= 4 is 23.4 Å². The molecule has 0 amide bonds. The summed E-state index contributed by atoms with van der Waals surface area (Å²) in [5.41, 5.74) is 2.21. The van der Waals surface area contributed by atoms with E-state index in [0.717, 1.165) is 11.1 Å². The predicted octanol–water partition coefficient (Wildman–Crippen LogP) is 2.82. The van der Waals surface area contributed by atoms with Crippen LogP contribution in [0, 0.1) is 0 Å². The second kappa shape index (κ2) is 9.46. The smallest absolute Gasteiger partial charge is 0.338 e. The molecule has 0 aliphatic carbocycles. The number of carbonyl (C=O) groups is 1. The molecule has 0 fully saturated rings. The van der Waals surface area contributed by atoms with Gasteiger partial charge in [0.15, 0.2) is 4.80 Å². The maximum absolute atomic E-state index is 13.6. The molecule has 4 rings (SSSR count). The molecule has 33 heavy (non-hydrogen) atoms. The Balaban J connectivity index is 1.94. The number of aromatic nitrogens is 1. The number of allylic oxidation sites excluding steroid dienone is 1. The Kier molecular flexibility index (Phi) is 6.46. The first-order chi connectivity index (χ1) is 16.0. The lowest BCUT2D eigenvalue weighted by Gasteiger charge is -2.24. The molecule has 2 aromatic carbocycles. The van der Waals surface area contributed by atoms with Gasteiger partial charge in [0, 0.05) is 11.6 Å². The van der Waals surface area contributed by atoms with Gasteiger partial charge in [0.1, 0.15) is 11.5 Å². The largest absolute Gasteiger partial charge is 0.497 e. The minimum atomic E-state index is -0.624. The van der Waals surface area contributed by atoms with Crippen LogP contribution < -0.4 is 24.4 Å². The second-order valence-corrected chi connectivity index (χ2v) is 8.33. The topological polar surface area (TPSA) is 79.1 Å². The highest BCUT2D eigenvalue weighted by Crippen LogP contribution is 2.30. The van der Waals surface area contributed by atoms with E-state index < -0.39 is 12.0 Å². The van der Waals surface area contributed by atoms with Crippen molar-refractivity contribution in [3.05, 3.63) is 90.6 Å². The maximum atomic E-state index is 13.6. The summed E-state index contributed by atoms with van der Waals surface area (Å²) in [5, 5.41) is 0. The van der Waals surface area contributed by atoms with Gasteiger partial charge >= 0.3 is 5.97 Å². The van der Waals surface area contributed by atoms with Gasteiger partial charge in [-0.15, -0.1) is 0 Å². The number of hydrogen-bond donors (Lipinski definition) is 0. The number of benzene rings is 2. The van der Waals surface area contributed by atoms with Crippen LogP contribution in [0.2, 0.25) is 0 Å². The molecule has 1 aromatic heterocycles. The third-order valence-corrected chi connectivity index (χ3v) is 6.34. The average molecular weight is 465 g/mol. The number of ether oxygens (including phenoxy) is 3. The summed E-state index contributed by atoms with van der Waals surface area (Å²) in [5.74, 6) is 0.770. The van der Waals surface area contributed by atoms with Crippen molar-refractivity contribution in [1.82, 2.24) is 4.57 Å². The van der Waals surface area contributed by atoms with Gasteiger partial charge in [-0.1, -0.05) is 41.7 Å². The maximum Gasteiger partial charge on any atom is 0.338 e. The molecule has 0 saturated carbocycles. The Morgan fingerprint density at radius 1 is 1.15 bits per heavy atom. The third kappa shape index (κ3) is 4.21. The molecule has 0 saturated heterocycles. The van der Waals surface area contributed by atoms with Crippen molar-refractivity contribution in [3.8, 4) is 11.5 Å². The van der Waals surface area contributed by atoms with Gasteiger partial charge in [-0.2, -0.15) is 0 Å². The SMILES string of the molecule is CCOC(=O)C1=C(C)N=c2s/c(=C/c3ccc(OC)cc3OC)c(=O)n2C1c1ccccc1. The summed E-state index contributed by atoms with van der Waals surface area (Å²) in [6.45, 7) is 3.76. The number of hydrogen-bond acceptors (Lipinski definition) is 7. The highest BCUT2D eigenvalue weighted by atomic mass is 32.1. The molecule has 8 heteroatoms. The number of esters is 1. The van der Waals surface area contributed by atoms with Crippen LogP contribution in [0.5, 0.6) is 11.5 Å². The lowest BCUT2D eigenvalue weighted by Crippen LogP contribution is -2.39. The molecule has 1 unspecified atom stereocenters. The molecule has 3 aromatic rings. The standard InChI is InChI=1S/C25H24N2O5S/c1-5-32-24(29)21-15(2)26-25-27(22(21)16-9-7-6-8-10-16)23(28)20(33-25)13-17-11-12-18(30-3)14-19(17)31-4/h6-14,22H,5H2,1-4H3/b20-13+. The molecule has 0 spiro atoms. The zero-order valence-corrected chi connectivity index (χ0v) is 19.6. The zero-order valence-electron chi connectivity index (χ0n) is 18.8. The number of rotatable bonds is 6. The minimum Gasteiger partial charge on any atom is -0.497 e. The highest BCUT2D eigenvalue weighted by Gasteiger charge is 2.33. The van der Waals surface area contributed by atoms with E-state index in [4.69, 9.17) is 14.2 Å². The zero-order chi connectivity index (χ0) is 23.5. The van der Waals surface area contributed by atoms with Gasteiger partial charge in [-0.05, 0) is 37.6 Å². The van der Waals surface area contributed by atoms with E-state index in [-0.39, 0.29) is 12.2 Å².